The number of urea groups is 1. The van der Waals surface area contributed by atoms with Crippen molar-refractivity contribution in [1.29, 1.82) is 0 Å². The standard InChI is InChI=1S/C23H24N8O3S/c32-21(24-6-7-31-8-10-34-11-9-31)16-12-18(28-20-17(16)13-26-30-20)19-14-25-23(35-19)29-22(33)27-15-4-2-1-3-5-15/h1-5,12-14H,6-11H2,(H,24,32)(H,26,28,30)(H2,25,27,29,33). The summed E-state index contributed by atoms with van der Waals surface area (Å²) in [5.41, 5.74) is 2.22. The number of carbonyl (C=O) groups is 2. The molecule has 180 valence electrons. The van der Waals surface area contributed by atoms with E-state index >= 15 is 0 Å². The van der Waals surface area contributed by atoms with Crippen LogP contribution in [-0.4, -0.2) is 76.4 Å². The number of hydrogen-bond donors (Lipinski definition) is 4. The molecular weight excluding hydrogens is 468 g/mol. The van der Waals surface area contributed by atoms with Crippen LogP contribution in [0.5, 0.6) is 0 Å². The molecule has 3 aromatic heterocycles. The Morgan fingerprint density at radius 2 is 1.94 bits per heavy atom. The van der Waals surface area contributed by atoms with E-state index in [9.17, 15) is 9.59 Å². The average molecular weight is 493 g/mol. The Morgan fingerprint density at radius 3 is 2.77 bits per heavy atom. The van der Waals surface area contributed by atoms with E-state index in [1.54, 1.807) is 30.6 Å². The van der Waals surface area contributed by atoms with Gasteiger partial charge in [0.1, 0.15) is 0 Å². The lowest BCUT2D eigenvalue weighted by Crippen LogP contribution is -2.41. The summed E-state index contributed by atoms with van der Waals surface area (Å²) in [7, 11) is 0. The Kier molecular flexibility index (Phi) is 6.93. The summed E-state index contributed by atoms with van der Waals surface area (Å²) in [6.45, 7) is 4.46. The molecule has 3 amide bonds. The van der Waals surface area contributed by atoms with E-state index in [-0.39, 0.29) is 5.91 Å². The molecule has 1 aromatic carbocycles. The molecule has 35 heavy (non-hydrogen) atoms. The minimum atomic E-state index is -0.394. The first-order valence-corrected chi connectivity index (χ1v) is 12.0. The third-order valence-electron chi connectivity index (χ3n) is 5.49. The molecule has 0 aliphatic carbocycles. The molecule has 11 nitrogen and oxygen atoms in total. The molecule has 0 saturated carbocycles. The predicted octanol–water partition coefficient (Wildman–Crippen LogP) is 2.79. The van der Waals surface area contributed by atoms with Crippen molar-refractivity contribution in [1.82, 2.24) is 30.4 Å². The number of carbonyl (C=O) groups excluding carboxylic acids is 2. The molecule has 0 bridgehead atoms. The first kappa shape index (κ1) is 22.9. The van der Waals surface area contributed by atoms with Crippen LogP contribution in [0.15, 0.2) is 48.8 Å². The van der Waals surface area contributed by atoms with Gasteiger partial charge in [0.2, 0.25) is 0 Å². The number of aromatic nitrogens is 4. The number of nitrogens with zero attached hydrogens (tertiary/aromatic N) is 4. The molecule has 0 atom stereocenters. The van der Waals surface area contributed by atoms with Gasteiger partial charge in [-0.15, -0.1) is 0 Å². The summed E-state index contributed by atoms with van der Waals surface area (Å²) in [5, 5.41) is 16.4. The SMILES string of the molecule is O=C(Nc1ccccc1)Nc1ncc(-c2cc(C(=O)NCCN3CCOCC3)c3cn[nH]c3n2)s1. The summed E-state index contributed by atoms with van der Waals surface area (Å²) < 4.78 is 5.36. The highest BCUT2D eigenvalue weighted by Gasteiger charge is 2.18. The molecule has 0 unspecified atom stereocenters. The van der Waals surface area contributed by atoms with Crippen molar-refractivity contribution in [2.45, 2.75) is 0 Å². The third kappa shape index (κ3) is 5.62. The van der Waals surface area contributed by atoms with E-state index in [1.165, 1.54) is 11.3 Å². The van der Waals surface area contributed by atoms with E-state index in [4.69, 9.17) is 4.74 Å². The van der Waals surface area contributed by atoms with E-state index < -0.39 is 6.03 Å². The number of fused-ring (bicyclic) bond motifs is 1. The Labute approximate surface area is 204 Å². The van der Waals surface area contributed by atoms with Crippen LogP contribution in [0.2, 0.25) is 0 Å². The maximum atomic E-state index is 13.0. The Morgan fingerprint density at radius 1 is 1.11 bits per heavy atom. The molecule has 0 spiro atoms. The Bertz CT molecular complexity index is 1320. The molecular formula is C23H24N8O3S. The molecule has 5 rings (SSSR count). The van der Waals surface area contributed by atoms with Gasteiger partial charge in [0.05, 0.1) is 40.9 Å². The summed E-state index contributed by atoms with van der Waals surface area (Å²) in [6.07, 6.45) is 3.21. The topological polar surface area (TPSA) is 137 Å². The van der Waals surface area contributed by atoms with E-state index in [2.05, 4.69) is 41.0 Å². The smallest absolute Gasteiger partial charge is 0.325 e. The average Bonchev–Trinajstić information content (AvgIpc) is 3.54. The van der Waals surface area contributed by atoms with Gasteiger partial charge < -0.3 is 15.4 Å². The van der Waals surface area contributed by atoms with E-state index in [0.717, 1.165) is 32.8 Å². The fourth-order valence-corrected chi connectivity index (χ4v) is 4.49. The summed E-state index contributed by atoms with van der Waals surface area (Å²) in [4.78, 5) is 37.1. The van der Waals surface area contributed by atoms with Gasteiger partial charge in [-0.1, -0.05) is 29.5 Å². The van der Waals surface area contributed by atoms with Crippen molar-refractivity contribution in [2.24, 2.45) is 0 Å². The van der Waals surface area contributed by atoms with Crippen molar-refractivity contribution in [2.75, 3.05) is 50.0 Å². The molecule has 1 aliphatic rings. The largest absolute Gasteiger partial charge is 0.379 e. The molecule has 4 aromatic rings. The highest BCUT2D eigenvalue weighted by atomic mass is 32.1. The van der Waals surface area contributed by atoms with Crippen molar-refractivity contribution < 1.29 is 14.3 Å². The van der Waals surface area contributed by atoms with Crippen LogP contribution in [0.4, 0.5) is 15.6 Å². The molecule has 0 radical (unpaired) electrons. The van der Waals surface area contributed by atoms with Crippen LogP contribution < -0.4 is 16.0 Å². The zero-order chi connectivity index (χ0) is 24.0. The number of pyridine rings is 1. The lowest BCUT2D eigenvalue weighted by Gasteiger charge is -2.26. The van der Waals surface area contributed by atoms with Crippen molar-refractivity contribution >= 4 is 45.1 Å². The van der Waals surface area contributed by atoms with Gasteiger partial charge in [0.15, 0.2) is 10.8 Å². The number of anilines is 2. The van der Waals surface area contributed by atoms with Crippen LogP contribution in [0.3, 0.4) is 0 Å². The van der Waals surface area contributed by atoms with E-state index in [1.807, 2.05) is 18.2 Å². The Hall–Kier alpha value is -3.87. The summed E-state index contributed by atoms with van der Waals surface area (Å²) >= 11 is 1.26. The number of amides is 3. The van der Waals surface area contributed by atoms with Gasteiger partial charge >= 0.3 is 6.03 Å². The minimum absolute atomic E-state index is 0.196. The number of nitrogens with one attached hydrogen (secondary N) is 4. The normalized spacial score (nSPS) is 14.1. The second-order valence-electron chi connectivity index (χ2n) is 7.87. The van der Waals surface area contributed by atoms with Gasteiger partial charge in [-0.25, -0.2) is 14.8 Å². The lowest BCUT2D eigenvalue weighted by molar-refractivity contribution is 0.0383. The number of aromatic amines is 1. The number of morpholine rings is 1. The van der Waals surface area contributed by atoms with Crippen LogP contribution in [0.1, 0.15) is 10.4 Å². The monoisotopic (exact) mass is 492 g/mol. The molecule has 12 heteroatoms. The quantitative estimate of drug-likeness (QED) is 0.311. The van der Waals surface area contributed by atoms with Crippen molar-refractivity contribution in [3.05, 3.63) is 54.4 Å². The third-order valence-corrected chi connectivity index (χ3v) is 6.43. The van der Waals surface area contributed by atoms with Crippen molar-refractivity contribution in [3.8, 4) is 10.6 Å². The maximum absolute atomic E-state index is 13.0. The first-order chi connectivity index (χ1) is 17.2. The van der Waals surface area contributed by atoms with Crippen LogP contribution in [0, 0.1) is 0 Å². The first-order valence-electron chi connectivity index (χ1n) is 11.2. The molecule has 1 fully saturated rings. The fraction of sp³-hybridized carbons (Fsp3) is 0.261. The number of benzene rings is 1. The number of para-hydroxylation sites is 1. The number of H-pyrrole nitrogens is 1. The van der Waals surface area contributed by atoms with Gasteiger partial charge in [0.25, 0.3) is 5.91 Å². The van der Waals surface area contributed by atoms with Crippen LogP contribution >= 0.6 is 11.3 Å². The second-order valence-corrected chi connectivity index (χ2v) is 8.90. The highest BCUT2D eigenvalue weighted by molar-refractivity contribution is 7.19. The van der Waals surface area contributed by atoms with Crippen LogP contribution in [0.25, 0.3) is 21.6 Å². The number of rotatable bonds is 7. The summed E-state index contributed by atoms with van der Waals surface area (Å²) in [6, 6.07) is 10.5. The van der Waals surface area contributed by atoms with Gasteiger partial charge in [-0.05, 0) is 18.2 Å². The number of thiazole rings is 1. The second kappa shape index (κ2) is 10.6. The fourth-order valence-electron chi connectivity index (χ4n) is 3.72. The van der Waals surface area contributed by atoms with E-state index in [0.29, 0.717) is 44.5 Å². The van der Waals surface area contributed by atoms with Gasteiger partial charge in [-0.3, -0.25) is 20.1 Å². The lowest BCUT2D eigenvalue weighted by atomic mass is 10.1. The maximum Gasteiger partial charge on any atom is 0.325 e. The molecule has 4 heterocycles. The molecule has 4 N–H and O–H groups in total. The zero-order valence-corrected chi connectivity index (χ0v) is 19.6. The highest BCUT2D eigenvalue weighted by Crippen LogP contribution is 2.30. The van der Waals surface area contributed by atoms with Gasteiger partial charge in [0, 0.05) is 38.1 Å². The summed E-state index contributed by atoms with van der Waals surface area (Å²) in [5.74, 6) is -0.196. The Balaban J connectivity index is 1.28. The molecule has 1 aliphatic heterocycles. The number of ether oxygens (including phenoxy) is 1. The minimum Gasteiger partial charge on any atom is -0.379 e. The number of hydrogen-bond acceptors (Lipinski definition) is 8. The van der Waals surface area contributed by atoms with Gasteiger partial charge in [-0.2, -0.15) is 5.10 Å². The molecule has 1 saturated heterocycles. The predicted molar refractivity (Wildman–Crippen MR) is 134 cm³/mol. The van der Waals surface area contributed by atoms with Crippen LogP contribution in [-0.2, 0) is 4.74 Å². The zero-order valence-electron chi connectivity index (χ0n) is 18.8. The van der Waals surface area contributed by atoms with Crippen molar-refractivity contribution in [3.63, 3.8) is 0 Å².